The fourth-order valence-corrected chi connectivity index (χ4v) is 1.49. The van der Waals surface area contributed by atoms with Crippen molar-refractivity contribution in [3.05, 3.63) is 0 Å². The molecule has 0 rings (SSSR count). The normalized spacial score (nSPS) is 17.6. The highest BCUT2D eigenvalue weighted by atomic mass is 28.2. The molecule has 0 saturated carbocycles. The molecule has 0 aromatic heterocycles. The first kappa shape index (κ1) is 8.74. The molecule has 0 amide bonds. The van der Waals surface area contributed by atoms with Gasteiger partial charge in [0.25, 0.3) is 0 Å². The molecule has 0 aromatic rings. The molecule has 0 radical (unpaired) electrons. The summed E-state index contributed by atoms with van der Waals surface area (Å²) in [7, 11) is -0.355. The molecule has 0 N–H and O–H groups in total. The minimum absolute atomic E-state index is 0.277. The van der Waals surface area contributed by atoms with Gasteiger partial charge in [-0.05, 0) is 13.3 Å². The van der Waals surface area contributed by atoms with Gasteiger partial charge in [0.2, 0.25) is 0 Å². The average Bonchev–Trinajstić information content (AvgIpc) is 1.89. The molecule has 9 heavy (non-hydrogen) atoms. The van der Waals surface area contributed by atoms with Crippen LogP contribution in [0.15, 0.2) is 0 Å². The minimum Gasteiger partial charge on any atom is -0.409 e. The van der Waals surface area contributed by atoms with Gasteiger partial charge in [-0.25, -0.2) is 0 Å². The van der Waals surface area contributed by atoms with Gasteiger partial charge in [-0.1, -0.05) is 19.4 Å². The van der Waals surface area contributed by atoms with E-state index in [-0.39, 0.29) is 15.4 Å². The summed E-state index contributed by atoms with van der Waals surface area (Å²) in [5, 5.41) is 0. The van der Waals surface area contributed by atoms with Crippen LogP contribution < -0.4 is 0 Å². The average molecular weight is 142 g/mol. The van der Waals surface area contributed by atoms with E-state index in [1.165, 1.54) is 0 Å². The van der Waals surface area contributed by atoms with E-state index in [2.05, 4.69) is 12.5 Å². The van der Waals surface area contributed by atoms with Crippen LogP contribution in [0.5, 0.6) is 0 Å². The number of terminal acetylenes is 1. The van der Waals surface area contributed by atoms with E-state index in [4.69, 9.17) is 10.8 Å². The Hall–Kier alpha value is -0.263. The molecular formula is C7H14OSi. The van der Waals surface area contributed by atoms with Crippen LogP contribution in [0, 0.1) is 12.3 Å². The predicted octanol–water partition coefficient (Wildman–Crippen LogP) is 0.937. The SMILES string of the molecule is C#CC(C)(CC)O[SiH2]C. The van der Waals surface area contributed by atoms with E-state index in [0.717, 1.165) is 6.42 Å². The third-order valence-electron chi connectivity index (χ3n) is 1.44. The fraction of sp³-hybridized carbons (Fsp3) is 0.714. The standard InChI is InChI=1S/C7H14OSi/c1-5-7(3,6-2)8-9-4/h1H,6,9H2,2-4H3. The molecule has 0 aromatic carbocycles. The number of rotatable bonds is 3. The van der Waals surface area contributed by atoms with E-state index in [1.807, 2.05) is 13.8 Å². The van der Waals surface area contributed by atoms with Gasteiger partial charge < -0.3 is 4.43 Å². The van der Waals surface area contributed by atoms with Gasteiger partial charge in [0.1, 0.15) is 5.60 Å². The Morgan fingerprint density at radius 3 is 2.44 bits per heavy atom. The Labute approximate surface area is 59.7 Å². The van der Waals surface area contributed by atoms with Crippen LogP contribution in [0.2, 0.25) is 6.55 Å². The van der Waals surface area contributed by atoms with Crippen molar-refractivity contribution in [3.63, 3.8) is 0 Å². The summed E-state index contributed by atoms with van der Waals surface area (Å²) in [5.74, 6) is 2.64. The zero-order chi connectivity index (χ0) is 7.33. The maximum atomic E-state index is 5.43. The second-order valence-corrected chi connectivity index (χ2v) is 3.03. The third kappa shape index (κ3) is 2.69. The first-order chi connectivity index (χ1) is 4.18. The van der Waals surface area contributed by atoms with Crippen molar-refractivity contribution in [3.8, 4) is 12.3 Å². The molecule has 0 spiro atoms. The van der Waals surface area contributed by atoms with Crippen LogP contribution in [0.1, 0.15) is 20.3 Å². The van der Waals surface area contributed by atoms with Gasteiger partial charge in [-0.15, -0.1) is 6.42 Å². The maximum Gasteiger partial charge on any atom is 0.160 e. The van der Waals surface area contributed by atoms with Crippen molar-refractivity contribution in [1.29, 1.82) is 0 Å². The molecule has 0 aliphatic carbocycles. The second-order valence-electron chi connectivity index (χ2n) is 2.16. The van der Waals surface area contributed by atoms with Crippen LogP contribution in [0.4, 0.5) is 0 Å². The Morgan fingerprint density at radius 1 is 1.78 bits per heavy atom. The van der Waals surface area contributed by atoms with Crippen molar-refractivity contribution in [2.75, 3.05) is 0 Å². The molecule has 0 bridgehead atoms. The lowest BCUT2D eigenvalue weighted by atomic mass is 10.1. The summed E-state index contributed by atoms with van der Waals surface area (Å²) in [5.41, 5.74) is -0.277. The predicted molar refractivity (Wildman–Crippen MR) is 43.0 cm³/mol. The molecule has 1 atom stereocenters. The molecule has 52 valence electrons. The number of hydrogen-bond donors (Lipinski definition) is 0. The van der Waals surface area contributed by atoms with Crippen LogP contribution in [-0.2, 0) is 4.43 Å². The van der Waals surface area contributed by atoms with Crippen LogP contribution in [0.3, 0.4) is 0 Å². The highest BCUT2D eigenvalue weighted by Gasteiger charge is 2.16. The summed E-state index contributed by atoms with van der Waals surface area (Å²) in [4.78, 5) is 0. The topological polar surface area (TPSA) is 9.23 Å². The van der Waals surface area contributed by atoms with Crippen LogP contribution >= 0.6 is 0 Å². The number of hydrogen-bond acceptors (Lipinski definition) is 1. The maximum absolute atomic E-state index is 5.43. The summed E-state index contributed by atoms with van der Waals surface area (Å²) >= 11 is 0. The fourth-order valence-electron chi connectivity index (χ4n) is 0.564. The van der Waals surface area contributed by atoms with Gasteiger partial charge in [0.05, 0.1) is 0 Å². The minimum atomic E-state index is -0.355. The largest absolute Gasteiger partial charge is 0.409 e. The molecule has 0 fully saturated rings. The Morgan fingerprint density at radius 2 is 2.33 bits per heavy atom. The molecule has 0 aliphatic heterocycles. The van der Waals surface area contributed by atoms with Gasteiger partial charge in [-0.2, -0.15) is 0 Å². The van der Waals surface area contributed by atoms with E-state index in [1.54, 1.807) is 0 Å². The van der Waals surface area contributed by atoms with E-state index >= 15 is 0 Å². The lowest BCUT2D eigenvalue weighted by molar-refractivity contribution is 0.156. The van der Waals surface area contributed by atoms with Crippen LogP contribution in [-0.4, -0.2) is 15.4 Å². The van der Waals surface area contributed by atoms with Crippen LogP contribution in [0.25, 0.3) is 0 Å². The van der Waals surface area contributed by atoms with Crippen molar-refractivity contribution in [2.24, 2.45) is 0 Å². The zero-order valence-corrected chi connectivity index (χ0v) is 7.81. The lowest BCUT2D eigenvalue weighted by Gasteiger charge is -2.21. The third-order valence-corrected chi connectivity index (χ3v) is 2.37. The molecule has 1 unspecified atom stereocenters. The molecule has 1 nitrogen and oxygen atoms in total. The van der Waals surface area contributed by atoms with E-state index < -0.39 is 0 Å². The Bertz CT molecular complexity index is 117. The summed E-state index contributed by atoms with van der Waals surface area (Å²) in [6.45, 7) is 6.10. The summed E-state index contributed by atoms with van der Waals surface area (Å²) < 4.78 is 5.43. The lowest BCUT2D eigenvalue weighted by Crippen LogP contribution is -2.26. The van der Waals surface area contributed by atoms with Crippen molar-refractivity contribution < 1.29 is 4.43 Å². The second kappa shape index (κ2) is 3.70. The molecule has 2 heteroatoms. The zero-order valence-electron chi connectivity index (χ0n) is 6.40. The monoisotopic (exact) mass is 142 g/mol. The van der Waals surface area contributed by atoms with Crippen molar-refractivity contribution >= 4 is 9.76 Å². The first-order valence-electron chi connectivity index (χ1n) is 3.30. The molecule has 0 heterocycles. The van der Waals surface area contributed by atoms with Gasteiger partial charge >= 0.3 is 0 Å². The van der Waals surface area contributed by atoms with Gasteiger partial charge in [0, 0.05) is 0 Å². The van der Waals surface area contributed by atoms with Crippen molar-refractivity contribution in [1.82, 2.24) is 0 Å². The van der Waals surface area contributed by atoms with Gasteiger partial charge in [0.15, 0.2) is 9.76 Å². The van der Waals surface area contributed by atoms with E-state index in [9.17, 15) is 0 Å². The molecular weight excluding hydrogens is 128 g/mol. The highest BCUT2D eigenvalue weighted by molar-refractivity contribution is 6.25. The van der Waals surface area contributed by atoms with Crippen molar-refractivity contribution in [2.45, 2.75) is 32.4 Å². The molecule has 0 aliphatic rings. The quantitative estimate of drug-likeness (QED) is 0.421. The van der Waals surface area contributed by atoms with E-state index in [0.29, 0.717) is 0 Å². The molecule has 0 saturated heterocycles. The van der Waals surface area contributed by atoms with Gasteiger partial charge in [-0.3, -0.25) is 0 Å². The highest BCUT2D eigenvalue weighted by Crippen LogP contribution is 2.11. The summed E-state index contributed by atoms with van der Waals surface area (Å²) in [6.07, 6.45) is 6.16. The Kier molecular flexibility index (Phi) is 3.60. The smallest absolute Gasteiger partial charge is 0.160 e. The summed E-state index contributed by atoms with van der Waals surface area (Å²) in [6, 6.07) is 0. The first-order valence-corrected chi connectivity index (χ1v) is 5.29. The Balaban J connectivity index is 3.81.